The summed E-state index contributed by atoms with van der Waals surface area (Å²) in [5.74, 6) is -0.0892. The van der Waals surface area contributed by atoms with Gasteiger partial charge in [-0.3, -0.25) is 9.48 Å². The molecule has 128 valence electrons. The number of hydrogen-bond acceptors (Lipinski definition) is 3. The van der Waals surface area contributed by atoms with Gasteiger partial charge in [-0.1, -0.05) is 44.9 Å². The molecule has 1 aromatic heterocycles. The summed E-state index contributed by atoms with van der Waals surface area (Å²) in [5.41, 5.74) is 6.75. The van der Waals surface area contributed by atoms with E-state index in [1.165, 1.54) is 57.8 Å². The lowest BCUT2D eigenvalue weighted by atomic mass is 9.91. The number of nitrogens with one attached hydrogen (secondary N) is 1. The second kappa shape index (κ2) is 7.47. The van der Waals surface area contributed by atoms with Gasteiger partial charge in [0.15, 0.2) is 0 Å². The first-order valence-corrected chi connectivity index (χ1v) is 9.29. The molecular formula is C18H30N4O. The first kappa shape index (κ1) is 16.5. The smallest absolute Gasteiger partial charge is 0.271 e. The van der Waals surface area contributed by atoms with Crippen molar-refractivity contribution in [2.24, 2.45) is 5.73 Å². The van der Waals surface area contributed by atoms with Gasteiger partial charge in [0.25, 0.3) is 5.91 Å². The summed E-state index contributed by atoms with van der Waals surface area (Å²) in [6.07, 6.45) is 15.0. The van der Waals surface area contributed by atoms with Gasteiger partial charge >= 0.3 is 0 Å². The van der Waals surface area contributed by atoms with Crippen molar-refractivity contribution in [2.75, 3.05) is 6.54 Å². The van der Waals surface area contributed by atoms with E-state index in [0.29, 0.717) is 18.3 Å². The van der Waals surface area contributed by atoms with Crippen LogP contribution < -0.4 is 11.1 Å². The molecule has 2 saturated carbocycles. The summed E-state index contributed by atoms with van der Waals surface area (Å²) in [5, 5.41) is 7.52. The Kier molecular flexibility index (Phi) is 5.36. The molecule has 1 amide bonds. The van der Waals surface area contributed by atoms with Crippen molar-refractivity contribution >= 4 is 5.91 Å². The topological polar surface area (TPSA) is 72.9 Å². The van der Waals surface area contributed by atoms with E-state index in [4.69, 9.17) is 5.73 Å². The fraction of sp³-hybridized carbons (Fsp3) is 0.778. The molecule has 0 radical (unpaired) electrons. The molecule has 1 aromatic rings. The molecule has 0 aliphatic heterocycles. The van der Waals surface area contributed by atoms with Gasteiger partial charge in [-0.15, -0.1) is 0 Å². The van der Waals surface area contributed by atoms with Crippen molar-refractivity contribution in [2.45, 2.75) is 82.2 Å². The monoisotopic (exact) mass is 318 g/mol. The molecule has 23 heavy (non-hydrogen) atoms. The molecule has 2 aliphatic rings. The Morgan fingerprint density at radius 1 is 1.17 bits per heavy atom. The highest BCUT2D eigenvalue weighted by Gasteiger charge is 2.27. The maximum atomic E-state index is 12.4. The highest BCUT2D eigenvalue weighted by atomic mass is 16.1. The van der Waals surface area contributed by atoms with Crippen molar-refractivity contribution in [1.82, 2.24) is 15.1 Å². The van der Waals surface area contributed by atoms with E-state index in [9.17, 15) is 4.79 Å². The van der Waals surface area contributed by atoms with Gasteiger partial charge in [0.05, 0.1) is 6.04 Å². The Morgan fingerprint density at radius 3 is 2.52 bits per heavy atom. The van der Waals surface area contributed by atoms with E-state index in [1.807, 2.05) is 16.9 Å². The third-order valence-electron chi connectivity index (χ3n) is 5.49. The molecular weight excluding hydrogens is 288 g/mol. The quantitative estimate of drug-likeness (QED) is 0.838. The highest BCUT2D eigenvalue weighted by Crippen LogP contribution is 2.27. The summed E-state index contributed by atoms with van der Waals surface area (Å²) < 4.78 is 1.98. The predicted octanol–water partition coefficient (Wildman–Crippen LogP) is 3.17. The van der Waals surface area contributed by atoms with E-state index in [0.717, 1.165) is 12.8 Å². The van der Waals surface area contributed by atoms with Gasteiger partial charge < -0.3 is 11.1 Å². The summed E-state index contributed by atoms with van der Waals surface area (Å²) in [4.78, 5) is 12.4. The van der Waals surface area contributed by atoms with Crippen LogP contribution in [0.3, 0.4) is 0 Å². The molecule has 2 fully saturated rings. The summed E-state index contributed by atoms with van der Waals surface area (Å²) in [7, 11) is 0. The van der Waals surface area contributed by atoms with E-state index in [2.05, 4.69) is 10.4 Å². The zero-order valence-electron chi connectivity index (χ0n) is 14.1. The molecule has 5 nitrogen and oxygen atoms in total. The van der Waals surface area contributed by atoms with Crippen LogP contribution in [-0.4, -0.2) is 27.8 Å². The fourth-order valence-corrected chi connectivity index (χ4v) is 3.96. The Bertz CT molecular complexity index is 511. The lowest BCUT2D eigenvalue weighted by Gasteiger charge is -2.28. The molecule has 3 rings (SSSR count). The van der Waals surface area contributed by atoms with Crippen molar-refractivity contribution < 1.29 is 4.79 Å². The average molecular weight is 318 g/mol. The van der Waals surface area contributed by atoms with Crippen molar-refractivity contribution in [3.05, 3.63) is 18.0 Å². The van der Waals surface area contributed by atoms with Crippen LogP contribution in [0.2, 0.25) is 0 Å². The number of aromatic nitrogens is 2. The minimum absolute atomic E-state index is 0.0892. The van der Waals surface area contributed by atoms with Crippen LogP contribution in [0, 0.1) is 0 Å². The zero-order valence-corrected chi connectivity index (χ0v) is 14.1. The maximum Gasteiger partial charge on any atom is 0.271 e. The van der Waals surface area contributed by atoms with Crippen LogP contribution in [-0.2, 0) is 0 Å². The van der Waals surface area contributed by atoms with E-state index >= 15 is 0 Å². The molecule has 1 heterocycles. The average Bonchev–Trinajstić information content (AvgIpc) is 2.97. The minimum atomic E-state index is -0.238. The standard InChI is InChI=1S/C18H30N4O/c19-18(11-6-1-2-7-12-18)14-20-17(23)16-10-13-22(21-16)15-8-4-3-5-9-15/h10,13,15H,1-9,11-12,14,19H2,(H,20,23). The normalized spacial score (nSPS) is 22.5. The third kappa shape index (κ3) is 4.34. The Morgan fingerprint density at radius 2 is 1.83 bits per heavy atom. The lowest BCUT2D eigenvalue weighted by Crippen LogP contribution is -2.49. The first-order valence-electron chi connectivity index (χ1n) is 9.29. The van der Waals surface area contributed by atoms with Gasteiger partial charge in [0.1, 0.15) is 5.69 Å². The zero-order chi connectivity index (χ0) is 16.1. The van der Waals surface area contributed by atoms with Crippen LogP contribution in [0.4, 0.5) is 0 Å². The Labute approximate surface area is 139 Å². The molecule has 0 bridgehead atoms. The molecule has 0 saturated heterocycles. The SMILES string of the molecule is NC1(CNC(=O)c2ccn(C3CCCCC3)n2)CCCCCC1. The molecule has 5 heteroatoms. The Balaban J connectivity index is 1.54. The number of hydrogen-bond donors (Lipinski definition) is 2. The maximum absolute atomic E-state index is 12.4. The van der Waals surface area contributed by atoms with E-state index in [-0.39, 0.29) is 11.4 Å². The van der Waals surface area contributed by atoms with Crippen molar-refractivity contribution in [3.63, 3.8) is 0 Å². The minimum Gasteiger partial charge on any atom is -0.349 e. The van der Waals surface area contributed by atoms with Gasteiger partial charge in [0, 0.05) is 18.3 Å². The van der Waals surface area contributed by atoms with Crippen LogP contribution in [0.5, 0.6) is 0 Å². The predicted molar refractivity (Wildman–Crippen MR) is 91.3 cm³/mol. The number of amides is 1. The summed E-state index contributed by atoms with van der Waals surface area (Å²) in [6.45, 7) is 0.558. The first-order chi connectivity index (χ1) is 11.2. The number of rotatable bonds is 4. The summed E-state index contributed by atoms with van der Waals surface area (Å²) in [6, 6.07) is 2.30. The molecule has 0 unspecified atom stereocenters. The number of carbonyl (C=O) groups excluding carboxylic acids is 1. The second-order valence-corrected chi connectivity index (χ2v) is 7.43. The van der Waals surface area contributed by atoms with Crippen molar-refractivity contribution in [3.8, 4) is 0 Å². The van der Waals surface area contributed by atoms with Crippen LogP contribution in [0.25, 0.3) is 0 Å². The van der Waals surface area contributed by atoms with Crippen LogP contribution in [0.15, 0.2) is 12.3 Å². The molecule has 2 aliphatic carbocycles. The molecule has 3 N–H and O–H groups in total. The number of nitrogens with two attached hydrogens (primary N) is 1. The van der Waals surface area contributed by atoms with Gasteiger partial charge in [0.2, 0.25) is 0 Å². The summed E-state index contributed by atoms with van der Waals surface area (Å²) >= 11 is 0. The third-order valence-corrected chi connectivity index (χ3v) is 5.49. The molecule has 0 atom stereocenters. The second-order valence-electron chi connectivity index (χ2n) is 7.43. The van der Waals surface area contributed by atoms with E-state index < -0.39 is 0 Å². The van der Waals surface area contributed by atoms with Crippen LogP contribution in [0.1, 0.15) is 87.2 Å². The number of nitrogens with zero attached hydrogens (tertiary/aromatic N) is 2. The van der Waals surface area contributed by atoms with Crippen LogP contribution >= 0.6 is 0 Å². The van der Waals surface area contributed by atoms with E-state index in [1.54, 1.807) is 0 Å². The Hall–Kier alpha value is -1.36. The lowest BCUT2D eigenvalue weighted by molar-refractivity contribution is 0.0934. The van der Waals surface area contributed by atoms with Gasteiger partial charge in [-0.25, -0.2) is 0 Å². The van der Waals surface area contributed by atoms with Gasteiger partial charge in [-0.05, 0) is 31.7 Å². The highest BCUT2D eigenvalue weighted by molar-refractivity contribution is 5.92. The van der Waals surface area contributed by atoms with Crippen molar-refractivity contribution in [1.29, 1.82) is 0 Å². The largest absolute Gasteiger partial charge is 0.349 e. The fourth-order valence-electron chi connectivity index (χ4n) is 3.96. The number of carbonyl (C=O) groups is 1. The molecule has 0 aromatic carbocycles. The molecule has 0 spiro atoms. The van der Waals surface area contributed by atoms with Gasteiger partial charge in [-0.2, -0.15) is 5.10 Å².